The quantitative estimate of drug-likeness (QED) is 0.491. The van der Waals surface area contributed by atoms with E-state index in [-0.39, 0.29) is 11.6 Å². The molecule has 1 N–H and O–H groups in total. The molecule has 0 radical (unpaired) electrons. The summed E-state index contributed by atoms with van der Waals surface area (Å²) >= 11 is 0. The van der Waals surface area contributed by atoms with Crippen LogP contribution in [0.3, 0.4) is 0 Å². The number of anilines is 2. The average Bonchev–Trinajstić information content (AvgIpc) is 2.79. The van der Waals surface area contributed by atoms with Crippen LogP contribution in [0.4, 0.5) is 11.4 Å². The first-order chi connectivity index (χ1) is 15.1. The van der Waals surface area contributed by atoms with Gasteiger partial charge in [0.2, 0.25) is 0 Å². The highest BCUT2D eigenvalue weighted by Crippen LogP contribution is 2.36. The molecule has 0 amide bonds. The molecule has 0 unspecified atom stereocenters. The molecule has 0 bridgehead atoms. The first-order valence-corrected chi connectivity index (χ1v) is 10.6. The molecule has 1 aliphatic heterocycles. The maximum absolute atomic E-state index is 12.2. The Morgan fingerprint density at radius 2 is 1.94 bits per heavy atom. The minimum atomic E-state index is -0.246. The molecule has 2 aromatic carbocycles. The normalized spacial score (nSPS) is 13.5. The number of H-pyrrole nitrogens is 1. The number of aryl methyl sites for hydroxylation is 1. The van der Waals surface area contributed by atoms with Crippen LogP contribution in [0.25, 0.3) is 10.9 Å². The molecule has 3 heterocycles. The molecule has 0 saturated heterocycles. The lowest BCUT2D eigenvalue weighted by molar-refractivity contribution is 0.443. The molecule has 6 heteroatoms. The van der Waals surface area contributed by atoms with Crippen molar-refractivity contribution in [1.82, 2.24) is 15.0 Å². The SMILES string of the molecule is CC(C)c1ccc2c(c1)CCCN2c1ccc(Oc2nc3cnccc3c(=O)[nH]2)cc1. The second-order valence-corrected chi connectivity index (χ2v) is 8.16. The number of fused-ring (bicyclic) bond motifs is 2. The van der Waals surface area contributed by atoms with Gasteiger partial charge in [0, 0.05) is 24.1 Å². The zero-order valence-electron chi connectivity index (χ0n) is 17.6. The van der Waals surface area contributed by atoms with Gasteiger partial charge in [0.05, 0.1) is 17.1 Å². The van der Waals surface area contributed by atoms with Gasteiger partial charge in [0.15, 0.2) is 0 Å². The molecule has 156 valence electrons. The fourth-order valence-corrected chi connectivity index (χ4v) is 4.07. The maximum Gasteiger partial charge on any atom is 0.302 e. The molecular formula is C25H24N4O2. The van der Waals surface area contributed by atoms with Crippen molar-refractivity contribution < 1.29 is 4.74 Å². The van der Waals surface area contributed by atoms with E-state index in [1.54, 1.807) is 18.5 Å². The van der Waals surface area contributed by atoms with E-state index in [9.17, 15) is 4.79 Å². The zero-order valence-corrected chi connectivity index (χ0v) is 17.6. The Morgan fingerprint density at radius 1 is 1.10 bits per heavy atom. The van der Waals surface area contributed by atoms with Crippen LogP contribution in [0, 0.1) is 0 Å². The molecule has 0 aliphatic carbocycles. The molecule has 5 rings (SSSR count). The van der Waals surface area contributed by atoms with E-state index < -0.39 is 0 Å². The Bertz CT molecular complexity index is 1300. The van der Waals surface area contributed by atoms with E-state index in [2.05, 4.69) is 51.9 Å². The van der Waals surface area contributed by atoms with Crippen LogP contribution in [0.2, 0.25) is 0 Å². The van der Waals surface area contributed by atoms with E-state index in [1.165, 1.54) is 16.8 Å². The van der Waals surface area contributed by atoms with Gasteiger partial charge in [-0.25, -0.2) is 0 Å². The van der Waals surface area contributed by atoms with Gasteiger partial charge in [-0.3, -0.25) is 14.8 Å². The van der Waals surface area contributed by atoms with Gasteiger partial charge in [-0.1, -0.05) is 26.0 Å². The van der Waals surface area contributed by atoms with Crippen molar-refractivity contribution in [3.05, 3.63) is 82.4 Å². The molecule has 6 nitrogen and oxygen atoms in total. The topological polar surface area (TPSA) is 71.1 Å². The summed E-state index contributed by atoms with van der Waals surface area (Å²) < 4.78 is 5.81. The second-order valence-electron chi connectivity index (χ2n) is 8.16. The highest BCUT2D eigenvalue weighted by molar-refractivity contribution is 5.76. The predicted octanol–water partition coefficient (Wildman–Crippen LogP) is 5.32. The summed E-state index contributed by atoms with van der Waals surface area (Å²) in [5.74, 6) is 1.14. The minimum Gasteiger partial charge on any atom is -0.426 e. The van der Waals surface area contributed by atoms with Crippen LogP contribution in [-0.4, -0.2) is 21.5 Å². The van der Waals surface area contributed by atoms with Crippen molar-refractivity contribution in [2.45, 2.75) is 32.6 Å². The Labute approximate surface area is 180 Å². The smallest absolute Gasteiger partial charge is 0.302 e. The number of hydrogen-bond acceptors (Lipinski definition) is 5. The summed E-state index contributed by atoms with van der Waals surface area (Å²) in [5, 5.41) is 0.488. The van der Waals surface area contributed by atoms with Crippen LogP contribution in [0.15, 0.2) is 65.7 Å². The minimum absolute atomic E-state index is 0.155. The highest BCUT2D eigenvalue weighted by Gasteiger charge is 2.19. The number of hydrogen-bond donors (Lipinski definition) is 1. The number of rotatable bonds is 4. The molecule has 0 atom stereocenters. The van der Waals surface area contributed by atoms with E-state index in [1.807, 2.05) is 24.3 Å². The summed E-state index contributed by atoms with van der Waals surface area (Å²) in [7, 11) is 0. The van der Waals surface area contributed by atoms with Crippen molar-refractivity contribution in [1.29, 1.82) is 0 Å². The lowest BCUT2D eigenvalue weighted by Crippen LogP contribution is -2.24. The lowest BCUT2D eigenvalue weighted by atomic mass is 9.94. The molecule has 0 fully saturated rings. The number of ether oxygens (including phenoxy) is 1. The fourth-order valence-electron chi connectivity index (χ4n) is 4.07. The van der Waals surface area contributed by atoms with E-state index in [4.69, 9.17) is 4.74 Å². The summed E-state index contributed by atoms with van der Waals surface area (Å²) in [5.41, 5.74) is 5.45. The summed E-state index contributed by atoms with van der Waals surface area (Å²) in [6.07, 6.45) is 5.37. The third-order valence-electron chi connectivity index (χ3n) is 5.74. The first kappa shape index (κ1) is 19.3. The Balaban J connectivity index is 1.40. The second kappa shape index (κ2) is 7.87. The van der Waals surface area contributed by atoms with Crippen molar-refractivity contribution in [3.8, 4) is 11.8 Å². The van der Waals surface area contributed by atoms with Crippen LogP contribution in [-0.2, 0) is 6.42 Å². The molecule has 1 aliphatic rings. The van der Waals surface area contributed by atoms with Crippen molar-refractivity contribution in [2.24, 2.45) is 0 Å². The number of aromatic nitrogens is 3. The van der Waals surface area contributed by atoms with Gasteiger partial charge in [-0.05, 0) is 66.3 Å². The van der Waals surface area contributed by atoms with Crippen molar-refractivity contribution in [3.63, 3.8) is 0 Å². The first-order valence-electron chi connectivity index (χ1n) is 10.6. The Kier molecular flexibility index (Phi) is 4.90. The Hall–Kier alpha value is -3.67. The van der Waals surface area contributed by atoms with Crippen LogP contribution in [0.1, 0.15) is 37.3 Å². The lowest BCUT2D eigenvalue weighted by Gasteiger charge is -2.32. The molecule has 0 spiro atoms. The standard InChI is InChI=1S/C25H24N4O2/c1-16(2)17-5-10-23-18(14-17)4-3-13-29(23)19-6-8-20(9-7-19)31-25-27-22-15-26-12-11-21(22)24(30)28-25/h5-12,14-16H,3-4,13H2,1-2H3,(H,27,28,30). The summed E-state index contributed by atoms with van der Waals surface area (Å²) in [6.45, 7) is 5.45. The van der Waals surface area contributed by atoms with Crippen molar-refractivity contribution in [2.75, 3.05) is 11.4 Å². The molecular weight excluding hydrogens is 388 g/mol. The fraction of sp³-hybridized carbons (Fsp3) is 0.240. The summed E-state index contributed by atoms with van der Waals surface area (Å²) in [4.78, 5) is 25.6. The van der Waals surface area contributed by atoms with E-state index in [0.29, 0.717) is 22.6 Å². The summed E-state index contributed by atoms with van der Waals surface area (Å²) in [6, 6.07) is 16.5. The molecule has 0 saturated carbocycles. The van der Waals surface area contributed by atoms with E-state index in [0.717, 1.165) is 25.1 Å². The van der Waals surface area contributed by atoms with Gasteiger partial charge < -0.3 is 9.64 Å². The molecule has 2 aromatic heterocycles. The number of nitrogens with zero attached hydrogens (tertiary/aromatic N) is 3. The number of pyridine rings is 1. The van der Waals surface area contributed by atoms with Gasteiger partial charge in [-0.15, -0.1) is 0 Å². The highest BCUT2D eigenvalue weighted by atomic mass is 16.5. The van der Waals surface area contributed by atoms with Crippen LogP contribution >= 0.6 is 0 Å². The van der Waals surface area contributed by atoms with Gasteiger partial charge in [0.25, 0.3) is 5.56 Å². The van der Waals surface area contributed by atoms with Crippen LogP contribution in [0.5, 0.6) is 11.8 Å². The van der Waals surface area contributed by atoms with Gasteiger partial charge in [0.1, 0.15) is 5.75 Å². The zero-order chi connectivity index (χ0) is 21.4. The average molecular weight is 412 g/mol. The monoisotopic (exact) mass is 412 g/mol. The predicted molar refractivity (Wildman–Crippen MR) is 123 cm³/mol. The van der Waals surface area contributed by atoms with Crippen LogP contribution < -0.4 is 15.2 Å². The third-order valence-corrected chi connectivity index (χ3v) is 5.74. The van der Waals surface area contributed by atoms with Crippen molar-refractivity contribution >= 4 is 22.3 Å². The molecule has 31 heavy (non-hydrogen) atoms. The maximum atomic E-state index is 12.2. The number of benzene rings is 2. The van der Waals surface area contributed by atoms with Gasteiger partial charge in [-0.2, -0.15) is 4.98 Å². The Morgan fingerprint density at radius 3 is 2.74 bits per heavy atom. The number of aromatic amines is 1. The van der Waals surface area contributed by atoms with E-state index >= 15 is 0 Å². The largest absolute Gasteiger partial charge is 0.426 e. The molecule has 4 aromatic rings. The number of nitrogens with one attached hydrogen (secondary N) is 1. The third kappa shape index (κ3) is 3.77. The van der Waals surface area contributed by atoms with Gasteiger partial charge >= 0.3 is 6.01 Å².